The van der Waals surface area contributed by atoms with Crippen LogP contribution in [0.3, 0.4) is 0 Å². The van der Waals surface area contributed by atoms with E-state index in [0.717, 1.165) is 16.8 Å². The summed E-state index contributed by atoms with van der Waals surface area (Å²) < 4.78 is 24.4. The maximum absolute atomic E-state index is 13.0. The molecule has 27 heavy (non-hydrogen) atoms. The molecule has 0 aliphatic heterocycles. The Morgan fingerprint density at radius 3 is 2.41 bits per heavy atom. The van der Waals surface area contributed by atoms with Gasteiger partial charge in [-0.25, -0.2) is 4.39 Å². The first-order chi connectivity index (χ1) is 13.1. The van der Waals surface area contributed by atoms with Gasteiger partial charge in [-0.05, 0) is 53.9 Å². The number of benzene rings is 3. The van der Waals surface area contributed by atoms with Crippen molar-refractivity contribution >= 4 is 17.3 Å². The second-order valence-electron chi connectivity index (χ2n) is 6.17. The third-order valence-corrected chi connectivity index (χ3v) is 4.66. The molecule has 0 bridgehead atoms. The first-order valence-electron chi connectivity index (χ1n) is 8.60. The van der Waals surface area contributed by atoms with E-state index in [1.807, 2.05) is 37.3 Å². The first-order valence-corrected chi connectivity index (χ1v) is 8.98. The summed E-state index contributed by atoms with van der Waals surface area (Å²) in [6, 6.07) is 17.9. The standard InChI is InChI=1S/C22H21ClFNO2/c1-15-5-3-4-6-16(15)14-27-22-12-20(23)17(11-21(22)26-2)13-25-19-9-7-18(24)8-10-19/h3-12,25H,13-14H2,1-2H3. The Bertz CT molecular complexity index is 913. The molecule has 1 N–H and O–H groups in total. The van der Waals surface area contributed by atoms with E-state index in [2.05, 4.69) is 5.32 Å². The van der Waals surface area contributed by atoms with Crippen molar-refractivity contribution in [2.24, 2.45) is 0 Å². The summed E-state index contributed by atoms with van der Waals surface area (Å²) >= 11 is 6.43. The molecule has 0 saturated heterocycles. The van der Waals surface area contributed by atoms with Crippen LogP contribution >= 0.6 is 11.6 Å². The lowest BCUT2D eigenvalue weighted by atomic mass is 10.1. The molecule has 0 saturated carbocycles. The summed E-state index contributed by atoms with van der Waals surface area (Å²) in [6.07, 6.45) is 0. The Hall–Kier alpha value is -2.72. The smallest absolute Gasteiger partial charge is 0.163 e. The van der Waals surface area contributed by atoms with Crippen LogP contribution in [0.5, 0.6) is 11.5 Å². The third kappa shape index (κ3) is 4.92. The van der Waals surface area contributed by atoms with Crippen molar-refractivity contribution in [3.8, 4) is 11.5 Å². The number of methoxy groups -OCH3 is 1. The topological polar surface area (TPSA) is 30.5 Å². The van der Waals surface area contributed by atoms with E-state index < -0.39 is 0 Å². The lowest BCUT2D eigenvalue weighted by Gasteiger charge is -2.15. The van der Waals surface area contributed by atoms with Crippen molar-refractivity contribution in [1.29, 1.82) is 0 Å². The van der Waals surface area contributed by atoms with Crippen molar-refractivity contribution in [1.82, 2.24) is 0 Å². The molecule has 0 atom stereocenters. The van der Waals surface area contributed by atoms with Gasteiger partial charge < -0.3 is 14.8 Å². The fourth-order valence-corrected chi connectivity index (χ4v) is 2.90. The zero-order valence-corrected chi connectivity index (χ0v) is 16.0. The van der Waals surface area contributed by atoms with Crippen molar-refractivity contribution in [2.75, 3.05) is 12.4 Å². The number of aryl methyl sites for hydroxylation is 1. The van der Waals surface area contributed by atoms with Gasteiger partial charge in [0.25, 0.3) is 0 Å². The van der Waals surface area contributed by atoms with E-state index in [-0.39, 0.29) is 5.82 Å². The summed E-state index contributed by atoms with van der Waals surface area (Å²) in [5.74, 6) is 0.940. The summed E-state index contributed by atoms with van der Waals surface area (Å²) in [4.78, 5) is 0. The first kappa shape index (κ1) is 19.1. The quantitative estimate of drug-likeness (QED) is 0.542. The fourth-order valence-electron chi connectivity index (χ4n) is 2.68. The summed E-state index contributed by atoms with van der Waals surface area (Å²) in [7, 11) is 1.60. The second-order valence-corrected chi connectivity index (χ2v) is 6.58. The van der Waals surface area contributed by atoms with Crippen LogP contribution in [0.1, 0.15) is 16.7 Å². The number of halogens is 2. The average Bonchev–Trinajstić information content (AvgIpc) is 2.68. The predicted octanol–water partition coefficient (Wildman–Crippen LogP) is 5.99. The average molecular weight is 386 g/mol. The van der Waals surface area contributed by atoms with Gasteiger partial charge in [-0.2, -0.15) is 0 Å². The Morgan fingerprint density at radius 2 is 1.70 bits per heavy atom. The Morgan fingerprint density at radius 1 is 0.963 bits per heavy atom. The van der Waals surface area contributed by atoms with Crippen molar-refractivity contribution in [3.05, 3.63) is 88.2 Å². The van der Waals surface area contributed by atoms with Gasteiger partial charge in [0.15, 0.2) is 11.5 Å². The van der Waals surface area contributed by atoms with Crippen molar-refractivity contribution in [2.45, 2.75) is 20.1 Å². The number of ether oxygens (including phenoxy) is 2. The lowest BCUT2D eigenvalue weighted by molar-refractivity contribution is 0.284. The lowest BCUT2D eigenvalue weighted by Crippen LogP contribution is -2.03. The van der Waals surface area contributed by atoms with Crippen LogP contribution in [0.4, 0.5) is 10.1 Å². The van der Waals surface area contributed by atoms with Crippen LogP contribution in [0.15, 0.2) is 60.7 Å². The normalized spacial score (nSPS) is 10.5. The molecule has 0 aromatic heterocycles. The van der Waals surface area contributed by atoms with Crippen LogP contribution < -0.4 is 14.8 Å². The minimum absolute atomic E-state index is 0.268. The van der Waals surface area contributed by atoms with E-state index in [9.17, 15) is 4.39 Å². The monoisotopic (exact) mass is 385 g/mol. The van der Waals surface area contributed by atoms with E-state index in [0.29, 0.717) is 29.7 Å². The van der Waals surface area contributed by atoms with Gasteiger partial charge in [0.05, 0.1) is 7.11 Å². The zero-order chi connectivity index (χ0) is 19.2. The van der Waals surface area contributed by atoms with Gasteiger partial charge in [-0.3, -0.25) is 0 Å². The molecular formula is C22H21ClFNO2. The van der Waals surface area contributed by atoms with Gasteiger partial charge in [0, 0.05) is 23.3 Å². The molecule has 140 valence electrons. The minimum atomic E-state index is -0.268. The molecule has 0 unspecified atom stereocenters. The molecule has 3 rings (SSSR count). The molecule has 0 aliphatic rings. The third-order valence-electron chi connectivity index (χ3n) is 4.30. The van der Waals surface area contributed by atoms with Crippen LogP contribution in [0.25, 0.3) is 0 Å². The summed E-state index contributed by atoms with van der Waals surface area (Å²) in [5.41, 5.74) is 3.95. The summed E-state index contributed by atoms with van der Waals surface area (Å²) in [5, 5.41) is 3.79. The number of hydrogen-bond acceptors (Lipinski definition) is 3. The zero-order valence-electron chi connectivity index (χ0n) is 15.3. The van der Waals surface area contributed by atoms with E-state index in [1.54, 1.807) is 25.3 Å². The molecule has 0 amide bonds. The highest BCUT2D eigenvalue weighted by Crippen LogP contribution is 2.34. The van der Waals surface area contributed by atoms with Crippen molar-refractivity contribution in [3.63, 3.8) is 0 Å². The number of hydrogen-bond donors (Lipinski definition) is 1. The Labute approximate surface area is 163 Å². The van der Waals surface area contributed by atoms with Gasteiger partial charge in [0.1, 0.15) is 12.4 Å². The number of nitrogens with one attached hydrogen (secondary N) is 1. The SMILES string of the molecule is COc1cc(CNc2ccc(F)cc2)c(Cl)cc1OCc1ccccc1C. The van der Waals surface area contributed by atoms with E-state index >= 15 is 0 Å². The largest absolute Gasteiger partial charge is 0.493 e. The Kier molecular flexibility index (Phi) is 6.20. The molecule has 3 aromatic carbocycles. The predicted molar refractivity (Wildman–Crippen MR) is 107 cm³/mol. The van der Waals surface area contributed by atoms with Gasteiger partial charge in [0.2, 0.25) is 0 Å². The second kappa shape index (κ2) is 8.78. The van der Waals surface area contributed by atoms with Crippen molar-refractivity contribution < 1.29 is 13.9 Å². The molecule has 3 nitrogen and oxygen atoms in total. The van der Waals surface area contributed by atoms with E-state index in [4.69, 9.17) is 21.1 Å². The molecule has 5 heteroatoms. The number of rotatable bonds is 7. The van der Waals surface area contributed by atoms with Crippen LogP contribution in [0, 0.1) is 12.7 Å². The summed E-state index contributed by atoms with van der Waals surface area (Å²) in [6.45, 7) is 2.97. The van der Waals surface area contributed by atoms with Crippen LogP contribution in [0.2, 0.25) is 5.02 Å². The molecule has 0 fully saturated rings. The molecule has 0 aliphatic carbocycles. The van der Waals surface area contributed by atoms with Crippen LogP contribution in [-0.4, -0.2) is 7.11 Å². The van der Waals surface area contributed by atoms with Gasteiger partial charge >= 0.3 is 0 Å². The maximum Gasteiger partial charge on any atom is 0.163 e. The van der Waals surface area contributed by atoms with Crippen LogP contribution in [-0.2, 0) is 13.2 Å². The highest BCUT2D eigenvalue weighted by atomic mass is 35.5. The highest BCUT2D eigenvalue weighted by Gasteiger charge is 2.11. The molecule has 0 heterocycles. The number of anilines is 1. The molecular weight excluding hydrogens is 365 g/mol. The maximum atomic E-state index is 13.0. The highest BCUT2D eigenvalue weighted by molar-refractivity contribution is 6.31. The van der Waals surface area contributed by atoms with E-state index in [1.165, 1.54) is 17.7 Å². The molecule has 0 radical (unpaired) electrons. The molecule has 3 aromatic rings. The molecule has 0 spiro atoms. The fraction of sp³-hybridized carbons (Fsp3) is 0.182. The minimum Gasteiger partial charge on any atom is -0.493 e. The Balaban J connectivity index is 1.72. The van der Waals surface area contributed by atoms with Gasteiger partial charge in [-0.1, -0.05) is 35.9 Å². The van der Waals surface area contributed by atoms with Gasteiger partial charge in [-0.15, -0.1) is 0 Å².